The van der Waals surface area contributed by atoms with Gasteiger partial charge in [-0.2, -0.15) is 0 Å². The number of nitrogens with zero attached hydrogens (tertiary/aromatic N) is 1. The van der Waals surface area contributed by atoms with E-state index in [0.717, 1.165) is 14.3 Å². The molecule has 31 heavy (non-hydrogen) atoms. The molecule has 2 aromatic rings. The van der Waals surface area contributed by atoms with Gasteiger partial charge >= 0.3 is 0 Å². The van der Waals surface area contributed by atoms with E-state index in [9.17, 15) is 14.7 Å². The van der Waals surface area contributed by atoms with Gasteiger partial charge in [0.25, 0.3) is 5.91 Å². The Morgan fingerprint density at radius 3 is 2.74 bits per heavy atom. The molecule has 0 spiro atoms. The van der Waals surface area contributed by atoms with E-state index in [1.54, 1.807) is 22.7 Å². The topological polar surface area (TPSA) is 69.6 Å². The van der Waals surface area contributed by atoms with Crippen LogP contribution in [0.15, 0.2) is 63.3 Å². The second-order valence-corrected chi connectivity index (χ2v) is 9.70. The summed E-state index contributed by atoms with van der Waals surface area (Å²) < 4.78 is 0.992. The Hall–Kier alpha value is -1.80. The largest absolute Gasteiger partial charge is 0.396 e. The molecule has 8 heteroatoms. The third-order valence-corrected chi connectivity index (χ3v) is 7.58. The number of hydrogen-bond donors (Lipinski definition) is 2. The fourth-order valence-corrected chi connectivity index (χ4v) is 4.98. The first-order valence-corrected chi connectivity index (χ1v) is 12.0. The third kappa shape index (κ3) is 6.35. The first-order chi connectivity index (χ1) is 14.9. The van der Waals surface area contributed by atoms with Crippen LogP contribution in [-0.4, -0.2) is 48.1 Å². The smallest absolute Gasteiger partial charge is 0.251 e. The number of nitrogens with one attached hydrogen (secondary N) is 1. The Bertz CT molecular complexity index is 985. The van der Waals surface area contributed by atoms with Crippen LogP contribution in [0, 0.1) is 5.92 Å². The second-order valence-electron chi connectivity index (χ2n) is 7.36. The molecule has 0 saturated carbocycles. The molecule has 1 unspecified atom stereocenters. The molecule has 1 saturated heterocycles. The number of carbonyl (C=O) groups is 2. The fraction of sp³-hybridized carbons (Fsp3) is 0.304. The molecule has 1 aliphatic heterocycles. The van der Waals surface area contributed by atoms with Crippen LogP contribution in [-0.2, 0) is 9.59 Å². The molecule has 5 nitrogen and oxygen atoms in total. The van der Waals surface area contributed by atoms with Crippen molar-refractivity contribution in [3.63, 3.8) is 0 Å². The van der Waals surface area contributed by atoms with Crippen LogP contribution in [0.4, 0.5) is 0 Å². The standard InChI is InChI=1S/C23H24BrClN2O3S/c1-15(23(30)26-9-4-10-27-13-16(14-28)11-22(27)29)17-7-8-21(19(25)12-17)31-20-6-3-2-5-18(20)24/h2-3,5-8,12,16,28H,1,4,9-11,13-14H2,(H,26,30). The van der Waals surface area contributed by atoms with Crippen molar-refractivity contribution in [1.29, 1.82) is 0 Å². The van der Waals surface area contributed by atoms with Crippen molar-refractivity contribution in [1.82, 2.24) is 10.2 Å². The van der Waals surface area contributed by atoms with Crippen molar-refractivity contribution in [3.8, 4) is 0 Å². The molecule has 2 N–H and O–H groups in total. The second kappa shape index (κ2) is 11.2. The summed E-state index contributed by atoms with van der Waals surface area (Å²) >= 11 is 11.5. The lowest BCUT2D eigenvalue weighted by Crippen LogP contribution is -2.31. The summed E-state index contributed by atoms with van der Waals surface area (Å²) in [6, 6.07) is 13.4. The number of aliphatic hydroxyl groups is 1. The van der Waals surface area contributed by atoms with Crippen LogP contribution in [0.25, 0.3) is 5.57 Å². The van der Waals surface area contributed by atoms with Crippen LogP contribution in [0.2, 0.25) is 5.02 Å². The van der Waals surface area contributed by atoms with Gasteiger partial charge in [0.2, 0.25) is 5.91 Å². The lowest BCUT2D eigenvalue weighted by molar-refractivity contribution is -0.127. The normalized spacial score (nSPS) is 15.9. The molecule has 2 aromatic carbocycles. The van der Waals surface area contributed by atoms with Crippen molar-refractivity contribution in [3.05, 3.63) is 64.1 Å². The molecule has 3 rings (SSSR count). The highest BCUT2D eigenvalue weighted by molar-refractivity contribution is 9.10. The highest BCUT2D eigenvalue weighted by Crippen LogP contribution is 2.38. The quantitative estimate of drug-likeness (QED) is 0.372. The Morgan fingerprint density at radius 2 is 2.06 bits per heavy atom. The summed E-state index contributed by atoms with van der Waals surface area (Å²) in [6.07, 6.45) is 1.04. The average molecular weight is 524 g/mol. The van der Waals surface area contributed by atoms with Gasteiger partial charge in [-0.1, -0.05) is 48.1 Å². The van der Waals surface area contributed by atoms with E-state index in [-0.39, 0.29) is 24.3 Å². The molecule has 1 atom stereocenters. The summed E-state index contributed by atoms with van der Waals surface area (Å²) in [6.45, 7) is 5.52. The molecule has 164 valence electrons. The summed E-state index contributed by atoms with van der Waals surface area (Å²) in [5.74, 6) is -0.177. The predicted molar refractivity (Wildman–Crippen MR) is 128 cm³/mol. The number of carbonyl (C=O) groups excluding carboxylic acids is 2. The molecule has 1 aliphatic rings. The minimum atomic E-state index is -0.261. The first-order valence-electron chi connectivity index (χ1n) is 9.97. The number of halogens is 2. The first kappa shape index (κ1) is 23.9. The molecule has 0 bridgehead atoms. The Kier molecular flexibility index (Phi) is 8.60. The summed E-state index contributed by atoms with van der Waals surface area (Å²) in [4.78, 5) is 28.0. The number of rotatable bonds is 9. The van der Waals surface area contributed by atoms with Crippen LogP contribution in [0.5, 0.6) is 0 Å². The van der Waals surface area contributed by atoms with E-state index in [4.69, 9.17) is 11.6 Å². The minimum Gasteiger partial charge on any atom is -0.396 e. The van der Waals surface area contributed by atoms with Gasteiger partial charge in [0.15, 0.2) is 0 Å². The maximum atomic E-state index is 12.5. The maximum Gasteiger partial charge on any atom is 0.251 e. The molecule has 0 aliphatic carbocycles. The lowest BCUT2D eigenvalue weighted by Gasteiger charge is -2.16. The zero-order valence-electron chi connectivity index (χ0n) is 16.9. The maximum absolute atomic E-state index is 12.5. The van der Waals surface area contributed by atoms with Crippen LogP contribution < -0.4 is 5.32 Å². The molecule has 2 amide bonds. The summed E-state index contributed by atoms with van der Waals surface area (Å²) in [7, 11) is 0. The highest BCUT2D eigenvalue weighted by atomic mass is 79.9. The van der Waals surface area contributed by atoms with E-state index < -0.39 is 0 Å². The molecular formula is C23H24BrClN2O3S. The Morgan fingerprint density at radius 1 is 1.29 bits per heavy atom. The van der Waals surface area contributed by atoms with Gasteiger partial charge in [0.1, 0.15) is 0 Å². The number of amides is 2. The van der Waals surface area contributed by atoms with Crippen LogP contribution in [0.3, 0.4) is 0 Å². The van der Waals surface area contributed by atoms with Gasteiger partial charge < -0.3 is 15.3 Å². The van der Waals surface area contributed by atoms with E-state index >= 15 is 0 Å². The van der Waals surface area contributed by atoms with Gasteiger partial charge in [-0.25, -0.2) is 0 Å². The summed E-state index contributed by atoms with van der Waals surface area (Å²) in [5.41, 5.74) is 1.01. The lowest BCUT2D eigenvalue weighted by atomic mass is 10.1. The van der Waals surface area contributed by atoms with Crippen molar-refractivity contribution in [2.45, 2.75) is 22.6 Å². The zero-order chi connectivity index (χ0) is 22.4. The summed E-state index contributed by atoms with van der Waals surface area (Å²) in [5, 5.41) is 12.6. The van der Waals surface area contributed by atoms with Gasteiger partial charge in [-0.05, 0) is 52.2 Å². The monoisotopic (exact) mass is 522 g/mol. The van der Waals surface area contributed by atoms with E-state index in [2.05, 4.69) is 27.8 Å². The molecule has 1 heterocycles. The Balaban J connectivity index is 1.50. The van der Waals surface area contributed by atoms with E-state index in [1.165, 1.54) is 0 Å². The number of likely N-dealkylation sites (tertiary alicyclic amines) is 1. The SMILES string of the molecule is C=C(C(=O)NCCCN1CC(CO)CC1=O)c1ccc(Sc2ccccc2Br)c(Cl)c1. The average Bonchev–Trinajstić information content (AvgIpc) is 3.13. The minimum absolute atomic E-state index is 0.0238. The molecule has 0 aromatic heterocycles. The molecule has 1 fully saturated rings. The van der Waals surface area contributed by atoms with Crippen molar-refractivity contribution >= 4 is 56.7 Å². The van der Waals surface area contributed by atoms with Crippen LogP contribution in [0.1, 0.15) is 18.4 Å². The van der Waals surface area contributed by atoms with E-state index in [1.807, 2.05) is 36.4 Å². The van der Waals surface area contributed by atoms with Gasteiger partial charge in [0, 0.05) is 58.4 Å². The zero-order valence-corrected chi connectivity index (χ0v) is 20.1. The number of aliphatic hydroxyl groups excluding tert-OH is 1. The van der Waals surface area contributed by atoms with Crippen molar-refractivity contribution in [2.24, 2.45) is 5.92 Å². The Labute approximate surface area is 200 Å². The number of hydrogen-bond acceptors (Lipinski definition) is 4. The van der Waals surface area contributed by atoms with E-state index in [0.29, 0.717) is 48.6 Å². The van der Waals surface area contributed by atoms with Crippen LogP contribution >= 0.6 is 39.3 Å². The third-order valence-electron chi connectivity index (χ3n) is 5.05. The van der Waals surface area contributed by atoms with Gasteiger partial charge in [-0.15, -0.1) is 0 Å². The van der Waals surface area contributed by atoms with Gasteiger partial charge in [-0.3, -0.25) is 9.59 Å². The van der Waals surface area contributed by atoms with Crippen molar-refractivity contribution in [2.75, 3.05) is 26.2 Å². The van der Waals surface area contributed by atoms with Crippen molar-refractivity contribution < 1.29 is 14.7 Å². The fourth-order valence-electron chi connectivity index (χ4n) is 3.32. The molecular weight excluding hydrogens is 500 g/mol. The predicted octanol–water partition coefficient (Wildman–Crippen LogP) is 4.61. The highest BCUT2D eigenvalue weighted by Gasteiger charge is 2.28. The molecule has 0 radical (unpaired) electrons. The van der Waals surface area contributed by atoms with Gasteiger partial charge in [0.05, 0.1) is 5.02 Å². The number of benzene rings is 2.